The van der Waals surface area contributed by atoms with Crippen LogP contribution in [0, 0.1) is 0 Å². The minimum absolute atomic E-state index is 0.154. The van der Waals surface area contributed by atoms with Crippen LogP contribution in [-0.2, 0) is 33.5 Å². The van der Waals surface area contributed by atoms with Gasteiger partial charge in [0.2, 0.25) is 0 Å². The van der Waals surface area contributed by atoms with Crippen LogP contribution >= 0.6 is 0 Å². The third-order valence-corrected chi connectivity index (χ3v) is 4.95. The Kier molecular flexibility index (Phi) is 6.33. The van der Waals surface area contributed by atoms with Gasteiger partial charge < -0.3 is 19.8 Å². The molecule has 0 unspecified atom stereocenters. The predicted molar refractivity (Wildman–Crippen MR) is 114 cm³/mol. The first-order chi connectivity index (χ1) is 14.6. The highest BCUT2D eigenvalue weighted by Crippen LogP contribution is 2.16. The Morgan fingerprint density at radius 1 is 1.16 bits per heavy atom. The van der Waals surface area contributed by atoms with Crippen LogP contribution < -0.4 is 16.6 Å². The molecule has 0 bridgehead atoms. The normalized spacial score (nSPS) is 13.9. The molecule has 1 heterocycles. The summed E-state index contributed by atoms with van der Waals surface area (Å²) in [5.41, 5.74) is 1.02. The number of fused-ring (bicyclic) bond motifs is 1. The number of alkyl carbamates (subject to hydrolysis) is 1. The third-order valence-electron chi connectivity index (χ3n) is 4.95. The standard InChI is InChI=1S/C22H27N3O6/c1-22(2,3)31-21(29)24-17(19(27)30-4)12-13-8-10-14(11-9-13)25-18(26)15-6-5-7-16(15)23-20(25)28/h8-11,17H,5-7,12H2,1-4H3,(H,23,28)(H,24,29)/t17-/m0/s1. The summed E-state index contributed by atoms with van der Waals surface area (Å²) in [6, 6.07) is 5.71. The van der Waals surface area contributed by atoms with Crippen molar-refractivity contribution in [2.75, 3.05) is 7.11 Å². The average Bonchev–Trinajstić information content (AvgIpc) is 3.15. The lowest BCUT2D eigenvalue weighted by molar-refractivity contribution is -0.143. The summed E-state index contributed by atoms with van der Waals surface area (Å²) in [5.74, 6) is -0.610. The molecule has 2 N–H and O–H groups in total. The van der Waals surface area contributed by atoms with Gasteiger partial charge in [-0.05, 0) is 57.7 Å². The van der Waals surface area contributed by atoms with E-state index in [9.17, 15) is 19.2 Å². The van der Waals surface area contributed by atoms with Crippen LogP contribution in [0.3, 0.4) is 0 Å². The second kappa shape index (κ2) is 8.79. The van der Waals surface area contributed by atoms with Crippen molar-refractivity contribution in [1.29, 1.82) is 0 Å². The number of amides is 1. The van der Waals surface area contributed by atoms with Crippen LogP contribution in [0.4, 0.5) is 4.79 Å². The van der Waals surface area contributed by atoms with Crippen molar-refractivity contribution in [3.05, 3.63) is 61.9 Å². The molecule has 9 heteroatoms. The highest BCUT2D eigenvalue weighted by Gasteiger charge is 2.25. The molecule has 3 rings (SSSR count). The van der Waals surface area contributed by atoms with Crippen molar-refractivity contribution in [3.63, 3.8) is 0 Å². The summed E-state index contributed by atoms with van der Waals surface area (Å²) < 4.78 is 11.1. The number of hydrogen-bond acceptors (Lipinski definition) is 6. The number of hydrogen-bond donors (Lipinski definition) is 2. The van der Waals surface area contributed by atoms with Gasteiger partial charge in [0.25, 0.3) is 5.56 Å². The lowest BCUT2D eigenvalue weighted by Gasteiger charge is -2.22. The van der Waals surface area contributed by atoms with Crippen molar-refractivity contribution in [1.82, 2.24) is 14.9 Å². The summed E-state index contributed by atoms with van der Waals surface area (Å²) in [4.78, 5) is 52.1. The van der Waals surface area contributed by atoms with Gasteiger partial charge in [0.05, 0.1) is 12.8 Å². The molecule has 0 saturated carbocycles. The smallest absolute Gasteiger partial charge is 0.408 e. The zero-order chi connectivity index (χ0) is 22.8. The van der Waals surface area contributed by atoms with Crippen LogP contribution in [0.2, 0.25) is 0 Å². The molecule has 1 aromatic heterocycles. The van der Waals surface area contributed by atoms with Crippen LogP contribution in [0.25, 0.3) is 5.69 Å². The van der Waals surface area contributed by atoms with Gasteiger partial charge in [-0.3, -0.25) is 4.79 Å². The number of nitrogens with one attached hydrogen (secondary N) is 2. The molecular formula is C22H27N3O6. The Morgan fingerprint density at radius 2 is 1.84 bits per heavy atom. The number of ether oxygens (including phenoxy) is 2. The van der Waals surface area contributed by atoms with E-state index >= 15 is 0 Å². The van der Waals surface area contributed by atoms with Crippen LogP contribution in [-0.4, -0.2) is 40.4 Å². The molecule has 1 atom stereocenters. The third kappa shape index (κ3) is 5.22. The molecule has 1 aromatic carbocycles. The van der Waals surface area contributed by atoms with E-state index in [0.29, 0.717) is 29.7 Å². The Hall–Kier alpha value is -3.36. The number of carbonyl (C=O) groups is 2. The van der Waals surface area contributed by atoms with Gasteiger partial charge in [-0.15, -0.1) is 0 Å². The fourth-order valence-electron chi connectivity index (χ4n) is 3.57. The zero-order valence-corrected chi connectivity index (χ0v) is 18.1. The lowest BCUT2D eigenvalue weighted by Crippen LogP contribution is -2.45. The van der Waals surface area contributed by atoms with E-state index in [1.165, 1.54) is 7.11 Å². The van der Waals surface area contributed by atoms with E-state index in [-0.39, 0.29) is 12.0 Å². The first kappa shape index (κ1) is 22.3. The topological polar surface area (TPSA) is 119 Å². The maximum absolute atomic E-state index is 12.7. The molecule has 0 saturated heterocycles. The Bertz CT molecular complexity index is 1090. The lowest BCUT2D eigenvalue weighted by atomic mass is 10.1. The maximum atomic E-state index is 12.7. The number of benzene rings is 1. The summed E-state index contributed by atoms with van der Waals surface area (Å²) in [6.07, 6.45) is 1.64. The second-order valence-electron chi connectivity index (χ2n) is 8.47. The number of nitrogens with zero attached hydrogens (tertiary/aromatic N) is 1. The average molecular weight is 429 g/mol. The van der Waals surface area contributed by atoms with Crippen molar-refractivity contribution < 1.29 is 19.1 Å². The zero-order valence-electron chi connectivity index (χ0n) is 18.1. The molecular weight excluding hydrogens is 402 g/mol. The van der Waals surface area contributed by atoms with Crippen LogP contribution in [0.5, 0.6) is 0 Å². The quantitative estimate of drug-likeness (QED) is 0.697. The first-order valence-electron chi connectivity index (χ1n) is 10.1. The molecule has 1 aliphatic rings. The largest absolute Gasteiger partial charge is 0.467 e. The number of rotatable bonds is 5. The summed E-state index contributed by atoms with van der Waals surface area (Å²) in [6.45, 7) is 5.17. The first-order valence-corrected chi connectivity index (χ1v) is 10.1. The van der Waals surface area contributed by atoms with E-state index in [1.54, 1.807) is 45.0 Å². The van der Waals surface area contributed by atoms with Gasteiger partial charge in [0.15, 0.2) is 0 Å². The summed E-state index contributed by atoms with van der Waals surface area (Å²) in [5, 5.41) is 2.52. The van der Waals surface area contributed by atoms with Crippen LogP contribution in [0.1, 0.15) is 44.0 Å². The number of methoxy groups -OCH3 is 1. The van der Waals surface area contributed by atoms with Gasteiger partial charge in [0.1, 0.15) is 11.6 Å². The predicted octanol–water partition coefficient (Wildman–Crippen LogP) is 1.62. The van der Waals surface area contributed by atoms with Crippen molar-refractivity contribution in [3.8, 4) is 5.69 Å². The minimum Gasteiger partial charge on any atom is -0.467 e. The van der Waals surface area contributed by atoms with Gasteiger partial charge in [-0.2, -0.15) is 0 Å². The summed E-state index contributed by atoms with van der Waals surface area (Å²) >= 11 is 0. The Balaban J connectivity index is 1.80. The molecule has 0 aliphatic heterocycles. The van der Waals surface area contributed by atoms with Gasteiger partial charge in [-0.25, -0.2) is 19.0 Å². The van der Waals surface area contributed by atoms with E-state index < -0.39 is 29.4 Å². The number of carbonyl (C=O) groups excluding carboxylic acids is 2. The molecule has 9 nitrogen and oxygen atoms in total. The van der Waals surface area contributed by atoms with E-state index in [0.717, 1.165) is 16.7 Å². The molecule has 0 radical (unpaired) electrons. The maximum Gasteiger partial charge on any atom is 0.408 e. The van der Waals surface area contributed by atoms with Crippen molar-refractivity contribution in [2.24, 2.45) is 0 Å². The molecule has 2 aromatic rings. The molecule has 0 fully saturated rings. The Morgan fingerprint density at radius 3 is 2.45 bits per heavy atom. The fraction of sp³-hybridized carbons (Fsp3) is 0.455. The number of aryl methyl sites for hydroxylation is 1. The molecule has 1 aliphatic carbocycles. The second-order valence-corrected chi connectivity index (χ2v) is 8.47. The molecule has 166 valence electrons. The minimum atomic E-state index is -0.947. The van der Waals surface area contributed by atoms with Crippen molar-refractivity contribution in [2.45, 2.75) is 58.1 Å². The highest BCUT2D eigenvalue weighted by molar-refractivity contribution is 5.81. The van der Waals surface area contributed by atoms with Gasteiger partial charge >= 0.3 is 17.8 Å². The number of aromatic amines is 1. The highest BCUT2D eigenvalue weighted by atomic mass is 16.6. The van der Waals surface area contributed by atoms with E-state index in [2.05, 4.69) is 10.3 Å². The SMILES string of the molecule is COC(=O)[C@H](Cc1ccc(-n2c(=O)[nH]c3c(c2=O)CCC3)cc1)NC(=O)OC(C)(C)C. The number of esters is 1. The Labute approximate surface area is 179 Å². The molecule has 1 amide bonds. The van der Waals surface area contributed by atoms with E-state index in [4.69, 9.17) is 9.47 Å². The molecule has 0 spiro atoms. The van der Waals surface area contributed by atoms with Gasteiger partial charge in [-0.1, -0.05) is 12.1 Å². The number of aromatic nitrogens is 2. The molecule has 31 heavy (non-hydrogen) atoms. The number of H-pyrrole nitrogens is 1. The van der Waals surface area contributed by atoms with Gasteiger partial charge in [0, 0.05) is 17.7 Å². The van der Waals surface area contributed by atoms with E-state index in [1.807, 2.05) is 0 Å². The van der Waals surface area contributed by atoms with Crippen LogP contribution in [0.15, 0.2) is 33.9 Å². The van der Waals surface area contributed by atoms with Crippen molar-refractivity contribution >= 4 is 12.1 Å². The monoisotopic (exact) mass is 429 g/mol. The summed E-state index contributed by atoms with van der Waals surface area (Å²) in [7, 11) is 1.24. The fourth-order valence-corrected chi connectivity index (χ4v) is 3.57.